The Morgan fingerprint density at radius 2 is 0.981 bits per heavy atom. The molecule has 3 nitrogen and oxygen atoms in total. The first-order chi connectivity index (χ1) is 26.5. The van der Waals surface area contributed by atoms with Crippen molar-refractivity contribution in [1.29, 1.82) is 0 Å². The van der Waals surface area contributed by atoms with E-state index in [4.69, 9.17) is 8.83 Å². The lowest BCUT2D eigenvalue weighted by atomic mass is 9.82. The van der Waals surface area contributed by atoms with Crippen LogP contribution in [0.2, 0.25) is 0 Å². The molecule has 10 aromatic rings. The van der Waals surface area contributed by atoms with Crippen molar-refractivity contribution >= 4 is 60.9 Å². The van der Waals surface area contributed by atoms with Crippen LogP contribution < -0.4 is 4.90 Å². The molecular formula is C51H35NO2. The molecule has 8 aromatic carbocycles. The molecule has 0 radical (unpaired) electrons. The van der Waals surface area contributed by atoms with Gasteiger partial charge in [-0.05, 0) is 105 Å². The van der Waals surface area contributed by atoms with Gasteiger partial charge in [0.05, 0.1) is 11.1 Å². The fourth-order valence-electron chi connectivity index (χ4n) is 8.88. The Kier molecular flexibility index (Phi) is 6.60. The lowest BCUT2D eigenvalue weighted by molar-refractivity contribution is 0.660. The maximum absolute atomic E-state index is 6.59. The van der Waals surface area contributed by atoms with Crippen molar-refractivity contribution in [2.24, 2.45) is 0 Å². The molecule has 1 aliphatic rings. The van der Waals surface area contributed by atoms with E-state index in [0.717, 1.165) is 77.6 Å². The Bertz CT molecular complexity index is 3080. The summed E-state index contributed by atoms with van der Waals surface area (Å²) in [5.41, 5.74) is 16.4. The third-order valence-corrected chi connectivity index (χ3v) is 11.5. The standard InChI is InChI=1S/C51H35NO2/c1-51(2)42-19-10-9-17-38(42)39-26-24-36(31-43(39)51)52(35-25-28-46-41(30-35)49-37(18-11-21-47(49)53-46)33-15-7-4-8-16-33)44-20-12-22-48-50(44)40-29-34(23-27-45(40)54-48)32-13-5-3-6-14-32/h3-31H,1-2H3. The van der Waals surface area contributed by atoms with Gasteiger partial charge in [0.2, 0.25) is 0 Å². The molecule has 0 N–H and O–H groups in total. The van der Waals surface area contributed by atoms with Crippen molar-refractivity contribution in [3.63, 3.8) is 0 Å². The quantitative estimate of drug-likeness (QED) is 0.180. The van der Waals surface area contributed by atoms with Crippen LogP contribution in [-0.2, 0) is 5.41 Å². The van der Waals surface area contributed by atoms with Gasteiger partial charge in [0.15, 0.2) is 0 Å². The van der Waals surface area contributed by atoms with Gasteiger partial charge in [0.25, 0.3) is 0 Å². The molecule has 3 heteroatoms. The normalized spacial score (nSPS) is 13.1. The van der Waals surface area contributed by atoms with Gasteiger partial charge >= 0.3 is 0 Å². The van der Waals surface area contributed by atoms with Crippen LogP contribution in [0.3, 0.4) is 0 Å². The highest BCUT2D eigenvalue weighted by Crippen LogP contribution is 2.52. The zero-order valence-corrected chi connectivity index (χ0v) is 30.0. The summed E-state index contributed by atoms with van der Waals surface area (Å²) in [5, 5.41) is 4.36. The first-order valence-corrected chi connectivity index (χ1v) is 18.6. The number of fused-ring (bicyclic) bond motifs is 9. The molecule has 0 aliphatic heterocycles. The van der Waals surface area contributed by atoms with Gasteiger partial charge in [-0.3, -0.25) is 0 Å². The highest BCUT2D eigenvalue weighted by Gasteiger charge is 2.36. The van der Waals surface area contributed by atoms with E-state index in [1.807, 2.05) is 0 Å². The molecule has 0 saturated heterocycles. The topological polar surface area (TPSA) is 29.5 Å². The van der Waals surface area contributed by atoms with E-state index >= 15 is 0 Å². The van der Waals surface area contributed by atoms with Gasteiger partial charge in [-0.25, -0.2) is 0 Å². The SMILES string of the molecule is CC1(C)c2ccccc2-c2ccc(N(c3ccc4oc5cccc(-c6ccccc6)c5c4c3)c3cccc4oc5ccc(-c6ccccc6)cc5c34)cc21. The predicted molar refractivity (Wildman–Crippen MR) is 224 cm³/mol. The molecule has 54 heavy (non-hydrogen) atoms. The van der Waals surface area contributed by atoms with Crippen LogP contribution in [0.25, 0.3) is 77.3 Å². The number of hydrogen-bond donors (Lipinski definition) is 0. The minimum absolute atomic E-state index is 0.151. The molecule has 0 fully saturated rings. The molecular weight excluding hydrogens is 659 g/mol. The average Bonchev–Trinajstić information content (AvgIpc) is 3.86. The van der Waals surface area contributed by atoms with Crippen molar-refractivity contribution in [1.82, 2.24) is 0 Å². The summed E-state index contributed by atoms with van der Waals surface area (Å²) in [5.74, 6) is 0. The molecule has 0 saturated carbocycles. The molecule has 256 valence electrons. The summed E-state index contributed by atoms with van der Waals surface area (Å²) in [4.78, 5) is 2.41. The zero-order valence-electron chi connectivity index (χ0n) is 30.0. The van der Waals surface area contributed by atoms with Crippen molar-refractivity contribution < 1.29 is 8.83 Å². The molecule has 0 unspecified atom stereocenters. The number of benzene rings is 8. The minimum atomic E-state index is -0.151. The van der Waals surface area contributed by atoms with E-state index in [1.54, 1.807) is 0 Å². The van der Waals surface area contributed by atoms with Crippen molar-refractivity contribution in [2.75, 3.05) is 4.90 Å². The smallest absolute Gasteiger partial charge is 0.137 e. The van der Waals surface area contributed by atoms with E-state index in [1.165, 1.54) is 27.8 Å². The first kappa shape index (κ1) is 30.8. The third-order valence-electron chi connectivity index (χ3n) is 11.5. The lowest BCUT2D eigenvalue weighted by Gasteiger charge is -2.28. The first-order valence-electron chi connectivity index (χ1n) is 18.6. The van der Waals surface area contributed by atoms with Gasteiger partial charge in [0.1, 0.15) is 22.3 Å². The minimum Gasteiger partial charge on any atom is -0.456 e. The molecule has 2 heterocycles. The monoisotopic (exact) mass is 693 g/mol. The largest absolute Gasteiger partial charge is 0.456 e. The summed E-state index contributed by atoms with van der Waals surface area (Å²) in [6, 6.07) is 62.9. The fourth-order valence-corrected chi connectivity index (χ4v) is 8.88. The Hall–Kier alpha value is -6.84. The summed E-state index contributed by atoms with van der Waals surface area (Å²) in [6.45, 7) is 4.69. The van der Waals surface area contributed by atoms with Crippen molar-refractivity contribution in [3.05, 3.63) is 187 Å². The molecule has 0 atom stereocenters. The molecule has 2 aromatic heterocycles. The summed E-state index contributed by atoms with van der Waals surface area (Å²) >= 11 is 0. The summed E-state index contributed by atoms with van der Waals surface area (Å²) in [7, 11) is 0. The van der Waals surface area contributed by atoms with Gasteiger partial charge in [0, 0.05) is 32.9 Å². The molecule has 0 bridgehead atoms. The zero-order chi connectivity index (χ0) is 36.0. The Balaban J connectivity index is 1.19. The van der Waals surface area contributed by atoms with E-state index in [2.05, 4.69) is 195 Å². The number of hydrogen-bond acceptors (Lipinski definition) is 3. The lowest BCUT2D eigenvalue weighted by Crippen LogP contribution is -2.16. The number of furan rings is 2. The second kappa shape index (κ2) is 11.6. The molecule has 0 amide bonds. The third kappa shape index (κ3) is 4.55. The average molecular weight is 694 g/mol. The van der Waals surface area contributed by atoms with Crippen LogP contribution in [0.4, 0.5) is 17.1 Å². The van der Waals surface area contributed by atoms with Crippen molar-refractivity contribution in [3.8, 4) is 33.4 Å². The second-order valence-corrected chi connectivity index (χ2v) is 14.9. The number of rotatable bonds is 5. The second-order valence-electron chi connectivity index (χ2n) is 14.9. The van der Waals surface area contributed by atoms with Crippen molar-refractivity contribution in [2.45, 2.75) is 19.3 Å². The maximum Gasteiger partial charge on any atom is 0.137 e. The predicted octanol–water partition coefficient (Wildman–Crippen LogP) is 14.6. The summed E-state index contributed by atoms with van der Waals surface area (Å²) < 4.78 is 13.1. The van der Waals surface area contributed by atoms with Crippen LogP contribution in [-0.4, -0.2) is 0 Å². The van der Waals surface area contributed by atoms with Gasteiger partial charge < -0.3 is 13.7 Å². The summed E-state index contributed by atoms with van der Waals surface area (Å²) in [6.07, 6.45) is 0. The fraction of sp³-hybridized carbons (Fsp3) is 0.0588. The van der Waals surface area contributed by atoms with Crippen LogP contribution in [0.15, 0.2) is 185 Å². The van der Waals surface area contributed by atoms with E-state index in [-0.39, 0.29) is 5.41 Å². The Morgan fingerprint density at radius 3 is 1.78 bits per heavy atom. The van der Waals surface area contributed by atoms with Crippen LogP contribution >= 0.6 is 0 Å². The van der Waals surface area contributed by atoms with Gasteiger partial charge in [-0.2, -0.15) is 0 Å². The highest BCUT2D eigenvalue weighted by molar-refractivity contribution is 6.16. The molecule has 1 aliphatic carbocycles. The number of anilines is 3. The number of nitrogens with zero attached hydrogens (tertiary/aromatic N) is 1. The van der Waals surface area contributed by atoms with E-state index in [0.29, 0.717) is 0 Å². The van der Waals surface area contributed by atoms with Crippen LogP contribution in [0.5, 0.6) is 0 Å². The maximum atomic E-state index is 6.59. The van der Waals surface area contributed by atoms with Crippen LogP contribution in [0, 0.1) is 0 Å². The highest BCUT2D eigenvalue weighted by atomic mass is 16.3. The van der Waals surface area contributed by atoms with Crippen LogP contribution in [0.1, 0.15) is 25.0 Å². The molecule has 0 spiro atoms. The Morgan fingerprint density at radius 1 is 0.389 bits per heavy atom. The Labute approximate surface area is 313 Å². The molecule has 11 rings (SSSR count). The van der Waals surface area contributed by atoms with E-state index < -0.39 is 0 Å². The van der Waals surface area contributed by atoms with E-state index in [9.17, 15) is 0 Å². The van der Waals surface area contributed by atoms with Gasteiger partial charge in [-0.15, -0.1) is 0 Å². The van der Waals surface area contributed by atoms with Gasteiger partial charge in [-0.1, -0.05) is 129 Å².